The minimum absolute atomic E-state index is 0.0625. The Balaban J connectivity index is 1.69. The van der Waals surface area contributed by atoms with E-state index in [1.54, 1.807) is 54.6 Å². The summed E-state index contributed by atoms with van der Waals surface area (Å²) in [5.74, 6) is -0.733. The Morgan fingerprint density at radius 3 is 2.42 bits per heavy atom. The minimum Gasteiger partial charge on any atom is -0.468 e. The highest BCUT2D eigenvalue weighted by Gasteiger charge is 2.75. The lowest BCUT2D eigenvalue weighted by Gasteiger charge is -2.23. The van der Waals surface area contributed by atoms with Gasteiger partial charge in [0.1, 0.15) is 9.75 Å². The van der Waals surface area contributed by atoms with Gasteiger partial charge in [0.15, 0.2) is 0 Å². The first kappa shape index (κ1) is 22.0. The number of hydrogen-bond donors (Lipinski definition) is 2. The number of thiophene rings is 1. The van der Waals surface area contributed by atoms with E-state index in [2.05, 4.69) is 4.72 Å². The van der Waals surface area contributed by atoms with Crippen LogP contribution in [0.4, 0.5) is 0 Å². The summed E-state index contributed by atoms with van der Waals surface area (Å²) in [5, 5.41) is 10.8. The molecular weight excluding hydrogens is 458 g/mol. The van der Waals surface area contributed by atoms with E-state index >= 15 is 0 Å². The number of hydrogen-bond acceptors (Lipinski definition) is 6. The molecule has 31 heavy (non-hydrogen) atoms. The maximum atomic E-state index is 13.2. The van der Waals surface area contributed by atoms with Crippen molar-refractivity contribution < 1.29 is 23.1 Å². The zero-order chi connectivity index (χ0) is 22.3. The van der Waals surface area contributed by atoms with Crippen molar-refractivity contribution >= 4 is 38.9 Å². The molecule has 0 bridgehead atoms. The molecule has 0 amide bonds. The summed E-state index contributed by atoms with van der Waals surface area (Å²) in [6, 6.07) is 19.2. The molecule has 3 aromatic rings. The monoisotopic (exact) mass is 477 g/mol. The average Bonchev–Trinajstić information content (AvgIpc) is 3.16. The van der Waals surface area contributed by atoms with Crippen LogP contribution in [0, 0.1) is 0 Å². The molecule has 2 N–H and O–H groups in total. The Morgan fingerprint density at radius 2 is 1.81 bits per heavy atom. The predicted molar refractivity (Wildman–Crippen MR) is 120 cm³/mol. The maximum Gasteiger partial charge on any atom is 0.328 e. The second-order valence-corrected chi connectivity index (χ2v) is 10.8. The number of sulfonamides is 1. The van der Waals surface area contributed by atoms with Gasteiger partial charge in [0.25, 0.3) is 10.0 Å². The van der Waals surface area contributed by atoms with Gasteiger partial charge in [0, 0.05) is 9.90 Å². The Hall–Kier alpha value is -2.23. The van der Waals surface area contributed by atoms with Crippen molar-refractivity contribution in [1.29, 1.82) is 0 Å². The van der Waals surface area contributed by atoms with Gasteiger partial charge in [-0.15, -0.1) is 11.3 Å². The van der Waals surface area contributed by atoms with Crippen LogP contribution in [-0.4, -0.2) is 38.7 Å². The molecule has 1 fully saturated rings. The Bertz CT molecular complexity index is 1210. The molecule has 0 aliphatic heterocycles. The highest BCUT2D eigenvalue weighted by molar-refractivity contribution is 7.91. The molecule has 9 heteroatoms. The number of halogens is 1. The van der Waals surface area contributed by atoms with Crippen LogP contribution in [0.1, 0.15) is 12.0 Å². The van der Waals surface area contributed by atoms with Crippen molar-refractivity contribution in [2.24, 2.45) is 0 Å². The fourth-order valence-electron chi connectivity index (χ4n) is 3.93. The molecule has 2 aromatic carbocycles. The fourth-order valence-corrected chi connectivity index (χ4v) is 6.79. The number of esters is 1. The first-order valence-corrected chi connectivity index (χ1v) is 12.1. The average molecular weight is 478 g/mol. The molecule has 4 rings (SSSR count). The Labute approximate surface area is 189 Å². The molecule has 1 aliphatic carbocycles. The molecule has 162 valence electrons. The number of methoxy groups -OCH3 is 1. The van der Waals surface area contributed by atoms with Crippen LogP contribution in [0.2, 0.25) is 5.02 Å². The summed E-state index contributed by atoms with van der Waals surface area (Å²) >= 11 is 7.01. The third-order valence-corrected chi connectivity index (χ3v) is 9.04. The van der Waals surface area contributed by atoms with Crippen LogP contribution < -0.4 is 4.72 Å². The largest absolute Gasteiger partial charge is 0.468 e. The molecule has 6 nitrogen and oxygen atoms in total. The lowest BCUT2D eigenvalue weighted by Crippen LogP contribution is -2.50. The summed E-state index contributed by atoms with van der Waals surface area (Å²) in [4.78, 5) is 13.5. The lowest BCUT2D eigenvalue weighted by atomic mass is 9.91. The zero-order valence-electron chi connectivity index (χ0n) is 16.5. The van der Waals surface area contributed by atoms with E-state index in [4.69, 9.17) is 16.3 Å². The molecule has 1 aliphatic rings. The van der Waals surface area contributed by atoms with E-state index in [0.717, 1.165) is 21.8 Å². The van der Waals surface area contributed by atoms with Crippen LogP contribution in [0.5, 0.6) is 0 Å². The predicted octanol–water partition coefficient (Wildman–Crippen LogP) is 3.59. The van der Waals surface area contributed by atoms with Gasteiger partial charge in [-0.25, -0.2) is 13.2 Å². The molecule has 1 saturated carbocycles. The van der Waals surface area contributed by atoms with E-state index < -0.39 is 33.6 Å². The standard InChI is InChI=1S/C22H20ClNO5S2/c1-29-20(26)22(13-21(22,14-25)16-5-3-2-4-6-16)24-31(27,28)19-12-11-18(30-19)15-7-9-17(23)10-8-15/h2-12,24-25H,13-14H2,1H3/t21-,22+/m1/s1. The van der Waals surface area contributed by atoms with Crippen molar-refractivity contribution in [3.05, 3.63) is 77.3 Å². The van der Waals surface area contributed by atoms with Crippen molar-refractivity contribution in [2.45, 2.75) is 21.6 Å². The van der Waals surface area contributed by atoms with Crippen LogP contribution in [0.3, 0.4) is 0 Å². The number of aliphatic hydroxyl groups excluding tert-OH is 1. The number of nitrogens with one attached hydrogen (secondary N) is 1. The summed E-state index contributed by atoms with van der Waals surface area (Å²) in [7, 11) is -2.86. The number of ether oxygens (including phenoxy) is 1. The lowest BCUT2D eigenvalue weighted by molar-refractivity contribution is -0.144. The van der Waals surface area contributed by atoms with Gasteiger partial charge in [-0.1, -0.05) is 54.1 Å². The van der Waals surface area contributed by atoms with E-state index in [9.17, 15) is 18.3 Å². The Morgan fingerprint density at radius 1 is 1.13 bits per heavy atom. The van der Waals surface area contributed by atoms with Crippen LogP contribution in [0.15, 0.2) is 70.9 Å². The first-order valence-electron chi connectivity index (χ1n) is 9.42. The number of carbonyl (C=O) groups excluding carboxylic acids is 1. The van der Waals surface area contributed by atoms with Crippen molar-refractivity contribution in [3.8, 4) is 10.4 Å². The van der Waals surface area contributed by atoms with Crippen LogP contribution in [0.25, 0.3) is 10.4 Å². The summed E-state index contributed by atoms with van der Waals surface area (Å²) in [6.07, 6.45) is 0.0990. The maximum absolute atomic E-state index is 13.2. The van der Waals surface area contributed by atoms with E-state index in [0.29, 0.717) is 10.6 Å². The number of aliphatic hydroxyl groups is 1. The molecule has 1 aromatic heterocycles. The second kappa shape index (κ2) is 8.03. The SMILES string of the molecule is COC(=O)[C@@]1(NS(=O)(=O)c2ccc(-c3ccc(Cl)cc3)s2)C[C@@]1(CO)c1ccccc1. The smallest absolute Gasteiger partial charge is 0.328 e. The normalized spacial score (nSPS) is 22.8. The minimum atomic E-state index is -4.06. The van der Waals surface area contributed by atoms with Crippen LogP contribution in [-0.2, 0) is 25.0 Å². The van der Waals surface area contributed by atoms with Gasteiger partial charge in [0.05, 0.1) is 19.1 Å². The van der Waals surface area contributed by atoms with Gasteiger partial charge in [-0.05, 0) is 41.8 Å². The van der Waals surface area contributed by atoms with Gasteiger partial charge >= 0.3 is 5.97 Å². The summed E-state index contributed by atoms with van der Waals surface area (Å²) < 4.78 is 34.0. The van der Waals surface area contributed by atoms with Crippen molar-refractivity contribution in [3.63, 3.8) is 0 Å². The number of benzene rings is 2. The number of rotatable bonds is 7. The van der Waals surface area contributed by atoms with Gasteiger partial charge in [-0.2, -0.15) is 4.72 Å². The number of carbonyl (C=O) groups is 1. The molecule has 1 heterocycles. The van der Waals surface area contributed by atoms with E-state index in [-0.39, 0.29) is 10.6 Å². The fraction of sp³-hybridized carbons (Fsp3) is 0.227. The van der Waals surface area contributed by atoms with E-state index in [1.807, 2.05) is 6.07 Å². The molecule has 0 saturated heterocycles. The molecule has 0 unspecified atom stereocenters. The molecular formula is C22H20ClNO5S2. The van der Waals surface area contributed by atoms with Gasteiger partial charge in [-0.3, -0.25) is 0 Å². The second-order valence-electron chi connectivity index (χ2n) is 7.41. The van der Waals surface area contributed by atoms with E-state index in [1.165, 1.54) is 13.2 Å². The van der Waals surface area contributed by atoms with Crippen molar-refractivity contribution in [1.82, 2.24) is 4.72 Å². The molecule has 0 spiro atoms. The van der Waals surface area contributed by atoms with Gasteiger partial charge in [0.2, 0.25) is 0 Å². The van der Waals surface area contributed by atoms with Crippen LogP contribution >= 0.6 is 22.9 Å². The first-order chi connectivity index (χ1) is 14.8. The zero-order valence-corrected chi connectivity index (χ0v) is 18.9. The molecule has 0 radical (unpaired) electrons. The molecule has 2 atom stereocenters. The van der Waals surface area contributed by atoms with Crippen molar-refractivity contribution in [2.75, 3.05) is 13.7 Å². The highest BCUT2D eigenvalue weighted by Crippen LogP contribution is 2.58. The third kappa shape index (κ3) is 3.68. The summed E-state index contributed by atoms with van der Waals surface area (Å²) in [5.41, 5.74) is -1.18. The van der Waals surface area contributed by atoms with Gasteiger partial charge < -0.3 is 9.84 Å². The highest BCUT2D eigenvalue weighted by atomic mass is 35.5. The quantitative estimate of drug-likeness (QED) is 0.507. The Kier molecular flexibility index (Phi) is 5.70. The topological polar surface area (TPSA) is 92.7 Å². The summed E-state index contributed by atoms with van der Waals surface area (Å²) in [6.45, 7) is -0.408. The third-order valence-electron chi connectivity index (χ3n) is 5.67.